The van der Waals surface area contributed by atoms with Gasteiger partial charge < -0.3 is 11.1 Å². The van der Waals surface area contributed by atoms with E-state index in [2.05, 4.69) is 27.4 Å². The molecule has 27 heavy (non-hydrogen) atoms. The molecular formula is C19H22ClN5OS. The molecule has 4 rings (SSSR count). The van der Waals surface area contributed by atoms with Crippen molar-refractivity contribution < 1.29 is 4.79 Å². The third-order valence-corrected chi connectivity index (χ3v) is 5.82. The summed E-state index contributed by atoms with van der Waals surface area (Å²) >= 11 is 1.71. The van der Waals surface area contributed by atoms with Gasteiger partial charge in [0, 0.05) is 21.5 Å². The first-order valence-corrected chi connectivity index (χ1v) is 9.64. The number of carbonyl (C=O) groups excluding carboxylic acids is 1. The number of nitrogens with zero attached hydrogens (tertiary/aromatic N) is 2. The molecule has 1 aromatic carbocycles. The van der Waals surface area contributed by atoms with Crippen LogP contribution in [0.1, 0.15) is 40.0 Å². The van der Waals surface area contributed by atoms with Gasteiger partial charge in [0.15, 0.2) is 5.82 Å². The molecule has 0 spiro atoms. The topological polar surface area (TPSA) is 96.7 Å². The summed E-state index contributed by atoms with van der Waals surface area (Å²) in [6.45, 7) is 2.60. The lowest BCUT2D eigenvalue weighted by Gasteiger charge is -2.18. The van der Waals surface area contributed by atoms with Crippen LogP contribution in [0.25, 0.3) is 11.4 Å². The Morgan fingerprint density at radius 1 is 1.37 bits per heavy atom. The molecule has 1 atom stereocenters. The molecule has 1 aliphatic carbocycles. The number of H-pyrrole nitrogens is 1. The minimum Gasteiger partial charge on any atom is -0.324 e. The molecule has 1 amide bonds. The highest BCUT2D eigenvalue weighted by molar-refractivity contribution is 7.10. The zero-order chi connectivity index (χ0) is 18.1. The van der Waals surface area contributed by atoms with E-state index in [0.29, 0.717) is 24.1 Å². The summed E-state index contributed by atoms with van der Waals surface area (Å²) < 4.78 is 0. The van der Waals surface area contributed by atoms with Gasteiger partial charge in [-0.05, 0) is 55.0 Å². The van der Waals surface area contributed by atoms with Crippen LogP contribution in [0.5, 0.6) is 0 Å². The average molecular weight is 404 g/mol. The molecule has 0 fully saturated rings. The summed E-state index contributed by atoms with van der Waals surface area (Å²) in [7, 11) is 0. The Hall–Kier alpha value is -2.22. The molecule has 0 radical (unpaired) electrons. The first-order valence-electron chi connectivity index (χ1n) is 8.76. The minimum absolute atomic E-state index is 0. The van der Waals surface area contributed by atoms with Gasteiger partial charge in [-0.3, -0.25) is 9.89 Å². The van der Waals surface area contributed by atoms with Gasteiger partial charge >= 0.3 is 0 Å². The van der Waals surface area contributed by atoms with Crippen LogP contribution in [0.4, 0.5) is 5.69 Å². The van der Waals surface area contributed by atoms with Crippen molar-refractivity contribution in [3.8, 4) is 11.4 Å². The van der Waals surface area contributed by atoms with Crippen LogP contribution in [-0.4, -0.2) is 21.1 Å². The Labute approximate surface area is 168 Å². The second-order valence-electron chi connectivity index (χ2n) is 6.74. The molecule has 1 unspecified atom stereocenters. The zero-order valence-corrected chi connectivity index (χ0v) is 16.6. The van der Waals surface area contributed by atoms with Crippen molar-refractivity contribution in [3.63, 3.8) is 0 Å². The van der Waals surface area contributed by atoms with E-state index in [4.69, 9.17) is 5.73 Å². The molecule has 1 aliphatic rings. The van der Waals surface area contributed by atoms with Crippen LogP contribution in [0.15, 0.2) is 29.6 Å². The highest BCUT2D eigenvalue weighted by Gasteiger charge is 2.23. The third-order valence-electron chi connectivity index (χ3n) is 4.77. The maximum atomic E-state index is 12.7. The lowest BCUT2D eigenvalue weighted by molar-refractivity contribution is 0.102. The lowest BCUT2D eigenvalue weighted by atomic mass is 9.88. The van der Waals surface area contributed by atoms with Crippen LogP contribution in [0.2, 0.25) is 0 Å². The summed E-state index contributed by atoms with van der Waals surface area (Å²) in [6, 6.07) is 7.52. The first-order chi connectivity index (χ1) is 12.6. The number of thiophene rings is 1. The number of nitrogens with two attached hydrogens (primary N) is 1. The van der Waals surface area contributed by atoms with Crippen molar-refractivity contribution in [2.75, 3.05) is 5.32 Å². The standard InChI is InChI=1S/C19H21N5OS.ClH/c1-11-2-7-14-15(10-26-16(14)8-11)19(25)21-13-5-3-12(4-6-13)18-22-17(9-20)23-24-18;/h3-6,10-11H,2,7-9,20H2,1H3,(H,21,25)(H,22,23,24);1H. The molecule has 2 aromatic heterocycles. The number of benzene rings is 1. The highest BCUT2D eigenvalue weighted by Crippen LogP contribution is 2.33. The smallest absolute Gasteiger partial charge is 0.256 e. The number of fused-ring (bicyclic) bond motifs is 1. The van der Waals surface area contributed by atoms with Crippen molar-refractivity contribution >= 4 is 35.3 Å². The van der Waals surface area contributed by atoms with Gasteiger partial charge in [-0.2, -0.15) is 5.10 Å². The average Bonchev–Trinajstić information content (AvgIpc) is 3.28. The van der Waals surface area contributed by atoms with Gasteiger partial charge in [0.25, 0.3) is 5.91 Å². The number of hydrogen-bond donors (Lipinski definition) is 3. The number of aromatic amines is 1. The van der Waals surface area contributed by atoms with Crippen molar-refractivity contribution in [2.45, 2.75) is 32.7 Å². The van der Waals surface area contributed by atoms with Gasteiger partial charge in [-0.15, -0.1) is 23.7 Å². The molecule has 4 N–H and O–H groups in total. The van der Waals surface area contributed by atoms with E-state index in [1.165, 1.54) is 10.4 Å². The summed E-state index contributed by atoms with van der Waals surface area (Å²) in [4.78, 5) is 18.3. The van der Waals surface area contributed by atoms with Crippen LogP contribution in [0, 0.1) is 5.92 Å². The Bertz CT molecular complexity index is 934. The van der Waals surface area contributed by atoms with Crippen molar-refractivity contribution in [2.24, 2.45) is 11.7 Å². The Balaban J connectivity index is 0.00000210. The number of carbonyl (C=O) groups is 1. The first kappa shape index (κ1) is 19.5. The molecule has 6 nitrogen and oxygen atoms in total. The Morgan fingerprint density at radius 2 is 2.15 bits per heavy atom. The number of amides is 1. The van der Waals surface area contributed by atoms with E-state index < -0.39 is 0 Å². The molecule has 142 valence electrons. The molecular weight excluding hydrogens is 382 g/mol. The quantitative estimate of drug-likeness (QED) is 0.617. The van der Waals surface area contributed by atoms with E-state index in [0.717, 1.165) is 36.1 Å². The van der Waals surface area contributed by atoms with E-state index in [9.17, 15) is 4.79 Å². The van der Waals surface area contributed by atoms with Crippen LogP contribution >= 0.6 is 23.7 Å². The molecule has 0 saturated heterocycles. The fourth-order valence-electron chi connectivity index (χ4n) is 3.28. The van der Waals surface area contributed by atoms with Gasteiger partial charge in [0.05, 0.1) is 12.1 Å². The van der Waals surface area contributed by atoms with Gasteiger partial charge in [0.1, 0.15) is 5.82 Å². The second-order valence-corrected chi connectivity index (χ2v) is 7.70. The summed E-state index contributed by atoms with van der Waals surface area (Å²) in [6.07, 6.45) is 3.24. The fourth-order valence-corrected chi connectivity index (χ4v) is 4.53. The monoisotopic (exact) mass is 403 g/mol. The van der Waals surface area contributed by atoms with Crippen LogP contribution in [-0.2, 0) is 19.4 Å². The predicted molar refractivity (Wildman–Crippen MR) is 110 cm³/mol. The third kappa shape index (κ3) is 4.05. The van der Waals surface area contributed by atoms with Crippen molar-refractivity contribution in [3.05, 3.63) is 51.5 Å². The van der Waals surface area contributed by atoms with E-state index in [1.54, 1.807) is 11.3 Å². The minimum atomic E-state index is -0.0342. The number of nitrogens with one attached hydrogen (secondary N) is 2. The molecule has 0 aliphatic heterocycles. The molecule has 2 heterocycles. The van der Waals surface area contributed by atoms with E-state index >= 15 is 0 Å². The summed E-state index contributed by atoms with van der Waals surface area (Å²) in [5, 5.41) is 11.9. The number of anilines is 1. The number of hydrogen-bond acceptors (Lipinski definition) is 5. The number of rotatable bonds is 4. The largest absolute Gasteiger partial charge is 0.324 e. The molecule has 0 bridgehead atoms. The van der Waals surface area contributed by atoms with Crippen LogP contribution in [0.3, 0.4) is 0 Å². The zero-order valence-electron chi connectivity index (χ0n) is 15.0. The van der Waals surface area contributed by atoms with Crippen molar-refractivity contribution in [1.82, 2.24) is 15.2 Å². The van der Waals surface area contributed by atoms with Crippen LogP contribution < -0.4 is 11.1 Å². The Morgan fingerprint density at radius 3 is 2.85 bits per heavy atom. The van der Waals surface area contributed by atoms with Gasteiger partial charge in [-0.25, -0.2) is 4.98 Å². The van der Waals surface area contributed by atoms with Crippen molar-refractivity contribution in [1.29, 1.82) is 0 Å². The lowest BCUT2D eigenvalue weighted by Crippen LogP contribution is -2.16. The summed E-state index contributed by atoms with van der Waals surface area (Å²) in [5.74, 6) is 1.92. The van der Waals surface area contributed by atoms with Gasteiger partial charge in [0.2, 0.25) is 0 Å². The maximum absolute atomic E-state index is 12.7. The molecule has 8 heteroatoms. The molecule has 0 saturated carbocycles. The molecule has 3 aromatic rings. The predicted octanol–water partition coefficient (Wildman–Crippen LogP) is 3.79. The number of halogens is 1. The maximum Gasteiger partial charge on any atom is 0.256 e. The van der Waals surface area contributed by atoms with Gasteiger partial charge in [-0.1, -0.05) is 6.92 Å². The van der Waals surface area contributed by atoms with E-state index in [1.807, 2.05) is 29.6 Å². The van der Waals surface area contributed by atoms with E-state index in [-0.39, 0.29) is 18.3 Å². The SMILES string of the molecule is CC1CCc2c(C(=O)Nc3ccc(-c4n[nH]c(CN)n4)cc3)csc2C1.Cl. The number of aromatic nitrogens is 3. The highest BCUT2D eigenvalue weighted by atomic mass is 35.5. The normalized spacial score (nSPS) is 15.7. The second kappa shape index (κ2) is 8.21. The summed E-state index contributed by atoms with van der Waals surface area (Å²) in [5.41, 5.74) is 9.23. The Kier molecular flexibility index (Phi) is 5.94. The fraction of sp³-hybridized carbons (Fsp3) is 0.316.